The summed E-state index contributed by atoms with van der Waals surface area (Å²) in [4.78, 5) is 14.3. The van der Waals surface area contributed by atoms with Crippen LogP contribution in [0.4, 0.5) is 22.0 Å². The maximum Gasteiger partial charge on any atom is 0.221 e. The maximum atomic E-state index is 13.7. The summed E-state index contributed by atoms with van der Waals surface area (Å²) < 4.78 is 71.7. The van der Waals surface area contributed by atoms with Gasteiger partial charge >= 0.3 is 0 Å². The van der Waals surface area contributed by atoms with E-state index in [1.54, 1.807) is 0 Å². The van der Waals surface area contributed by atoms with Crippen LogP contribution in [0, 0.1) is 29.1 Å². The minimum atomic E-state index is -2.27. The van der Waals surface area contributed by atoms with E-state index < -0.39 is 40.2 Å². The third-order valence-corrected chi connectivity index (χ3v) is 2.68. The van der Waals surface area contributed by atoms with Gasteiger partial charge in [0.15, 0.2) is 29.6 Å². The van der Waals surface area contributed by atoms with E-state index >= 15 is 0 Å². The first-order chi connectivity index (χ1) is 9.92. The molecule has 0 amide bonds. The third kappa shape index (κ3) is 2.32. The zero-order valence-corrected chi connectivity index (χ0v) is 10.4. The first-order valence-corrected chi connectivity index (χ1v) is 5.43. The number of rotatable bonds is 3. The summed E-state index contributed by atoms with van der Waals surface area (Å²) in [6, 6.07) is 0.914. The van der Waals surface area contributed by atoms with Crippen LogP contribution in [-0.2, 0) is 0 Å². The quantitative estimate of drug-likeness (QED) is 0.378. The second-order valence-electron chi connectivity index (χ2n) is 3.89. The van der Waals surface area contributed by atoms with Gasteiger partial charge < -0.3 is 4.74 Å². The Bertz CT molecular complexity index is 704. The molecule has 0 spiro atoms. The summed E-state index contributed by atoms with van der Waals surface area (Å²) in [6.07, 6.45) is 1.34. The molecule has 21 heavy (non-hydrogen) atoms. The summed E-state index contributed by atoms with van der Waals surface area (Å²) >= 11 is 0. The van der Waals surface area contributed by atoms with Crippen molar-refractivity contribution in [2.75, 3.05) is 7.11 Å². The molecule has 3 nitrogen and oxygen atoms in total. The molecular weight excluding hydrogens is 297 g/mol. The Labute approximate surface area is 115 Å². The first kappa shape index (κ1) is 14.9. The van der Waals surface area contributed by atoms with E-state index in [4.69, 9.17) is 4.74 Å². The van der Waals surface area contributed by atoms with Crippen LogP contribution in [0.3, 0.4) is 0 Å². The molecule has 1 aromatic heterocycles. The Morgan fingerprint density at radius 3 is 2.00 bits per heavy atom. The molecule has 1 heterocycles. The molecular formula is C13H6F5NO2. The van der Waals surface area contributed by atoms with E-state index in [9.17, 15) is 26.7 Å². The van der Waals surface area contributed by atoms with Crippen LogP contribution in [0.15, 0.2) is 12.3 Å². The number of halogens is 5. The van der Waals surface area contributed by atoms with E-state index in [0.29, 0.717) is 6.29 Å². The number of pyridine rings is 1. The fourth-order valence-corrected chi connectivity index (χ4v) is 1.72. The lowest BCUT2D eigenvalue weighted by atomic mass is 10.0. The molecule has 0 fully saturated rings. The predicted octanol–water partition coefficient (Wildman–Crippen LogP) is 3.27. The van der Waals surface area contributed by atoms with Crippen molar-refractivity contribution in [1.82, 2.24) is 4.98 Å². The van der Waals surface area contributed by atoms with E-state index in [2.05, 4.69) is 4.98 Å². The number of benzene rings is 1. The van der Waals surface area contributed by atoms with Crippen LogP contribution in [0.25, 0.3) is 11.1 Å². The highest BCUT2D eigenvalue weighted by Crippen LogP contribution is 2.36. The van der Waals surface area contributed by atoms with Gasteiger partial charge in [0.2, 0.25) is 11.7 Å². The molecule has 0 N–H and O–H groups in total. The molecule has 0 bridgehead atoms. The third-order valence-electron chi connectivity index (χ3n) is 2.68. The van der Waals surface area contributed by atoms with Crippen LogP contribution in [-0.4, -0.2) is 18.4 Å². The molecule has 8 heteroatoms. The molecule has 0 aliphatic heterocycles. The lowest BCUT2D eigenvalue weighted by Gasteiger charge is -2.11. The standard InChI is InChI=1S/C13H6F5NO2/c1-21-13-6(2-5(4-20)3-19-13)7-8(14)10(16)12(18)11(17)9(7)15/h2-4H,1H3. The monoisotopic (exact) mass is 303 g/mol. The highest BCUT2D eigenvalue weighted by molar-refractivity contribution is 5.80. The average molecular weight is 303 g/mol. The molecule has 110 valence electrons. The zero-order valence-electron chi connectivity index (χ0n) is 10.4. The van der Waals surface area contributed by atoms with Crippen molar-refractivity contribution < 1.29 is 31.5 Å². The van der Waals surface area contributed by atoms with Crippen LogP contribution < -0.4 is 4.74 Å². The first-order valence-electron chi connectivity index (χ1n) is 5.43. The second kappa shape index (κ2) is 5.47. The van der Waals surface area contributed by atoms with Gasteiger partial charge in [-0.25, -0.2) is 26.9 Å². The Hall–Kier alpha value is -2.51. The number of hydrogen-bond acceptors (Lipinski definition) is 3. The molecule has 1 aromatic carbocycles. The largest absolute Gasteiger partial charge is 0.481 e. The van der Waals surface area contributed by atoms with Crippen LogP contribution >= 0.6 is 0 Å². The van der Waals surface area contributed by atoms with Gasteiger partial charge in [-0.15, -0.1) is 0 Å². The Balaban J connectivity index is 2.87. The van der Waals surface area contributed by atoms with Gasteiger partial charge in [0.05, 0.1) is 18.2 Å². The van der Waals surface area contributed by atoms with Gasteiger partial charge in [-0.05, 0) is 6.07 Å². The minimum Gasteiger partial charge on any atom is -0.481 e. The molecule has 2 rings (SSSR count). The summed E-state index contributed by atoms with van der Waals surface area (Å²) in [7, 11) is 1.10. The van der Waals surface area contributed by atoms with Crippen molar-refractivity contribution in [2.24, 2.45) is 0 Å². The molecule has 0 radical (unpaired) electrons. The molecule has 2 aromatic rings. The second-order valence-corrected chi connectivity index (χ2v) is 3.89. The van der Waals surface area contributed by atoms with E-state index in [-0.39, 0.29) is 11.4 Å². The number of aldehydes is 1. The average Bonchev–Trinajstić information content (AvgIpc) is 2.51. The molecule has 0 atom stereocenters. The van der Waals surface area contributed by atoms with Crippen molar-refractivity contribution in [2.45, 2.75) is 0 Å². The van der Waals surface area contributed by atoms with Crippen molar-refractivity contribution in [1.29, 1.82) is 0 Å². The highest BCUT2D eigenvalue weighted by Gasteiger charge is 2.28. The smallest absolute Gasteiger partial charge is 0.221 e. The summed E-state index contributed by atoms with van der Waals surface area (Å²) in [5.41, 5.74) is -1.84. The number of methoxy groups -OCH3 is 1. The number of carbonyl (C=O) groups excluding carboxylic acids is 1. The van der Waals surface area contributed by atoms with Crippen molar-refractivity contribution in [3.05, 3.63) is 46.9 Å². The number of carbonyl (C=O) groups is 1. The van der Waals surface area contributed by atoms with Crippen LogP contribution in [0.5, 0.6) is 5.88 Å². The molecule has 0 aliphatic rings. The fraction of sp³-hybridized carbons (Fsp3) is 0.0769. The SMILES string of the molecule is COc1ncc(C=O)cc1-c1c(F)c(F)c(F)c(F)c1F. The number of aromatic nitrogens is 1. The van der Waals surface area contributed by atoms with Crippen molar-refractivity contribution in [3.63, 3.8) is 0 Å². The molecule has 0 unspecified atom stereocenters. The summed E-state index contributed by atoms with van der Waals surface area (Å²) in [6.45, 7) is 0. The van der Waals surface area contributed by atoms with Gasteiger partial charge in [0.25, 0.3) is 0 Å². The van der Waals surface area contributed by atoms with Gasteiger partial charge in [-0.3, -0.25) is 4.79 Å². The Kier molecular flexibility index (Phi) is 3.88. The Morgan fingerprint density at radius 1 is 1.00 bits per heavy atom. The summed E-state index contributed by atoms with van der Waals surface area (Å²) in [5.74, 6) is -10.9. The predicted molar refractivity (Wildman–Crippen MR) is 61.4 cm³/mol. The summed E-state index contributed by atoms with van der Waals surface area (Å²) in [5, 5.41) is 0. The van der Waals surface area contributed by atoms with E-state index in [1.807, 2.05) is 0 Å². The van der Waals surface area contributed by atoms with E-state index in [0.717, 1.165) is 19.4 Å². The molecule has 0 aliphatic carbocycles. The van der Waals surface area contributed by atoms with Gasteiger partial charge in [-0.2, -0.15) is 0 Å². The van der Waals surface area contributed by atoms with Crippen LogP contribution in [0.1, 0.15) is 10.4 Å². The van der Waals surface area contributed by atoms with Gasteiger partial charge in [0, 0.05) is 11.8 Å². The minimum absolute atomic E-state index is 0.116. The van der Waals surface area contributed by atoms with Gasteiger partial charge in [0.1, 0.15) is 0 Å². The number of ether oxygens (including phenoxy) is 1. The van der Waals surface area contributed by atoms with E-state index in [1.165, 1.54) is 0 Å². The topological polar surface area (TPSA) is 39.2 Å². The molecule has 0 saturated heterocycles. The normalized spacial score (nSPS) is 10.6. The maximum absolute atomic E-state index is 13.7. The van der Waals surface area contributed by atoms with Crippen molar-refractivity contribution >= 4 is 6.29 Å². The highest BCUT2D eigenvalue weighted by atomic mass is 19.2. The fourth-order valence-electron chi connectivity index (χ4n) is 1.72. The molecule has 0 saturated carbocycles. The lowest BCUT2D eigenvalue weighted by Crippen LogP contribution is -2.05. The lowest BCUT2D eigenvalue weighted by molar-refractivity contribution is 0.112. The number of nitrogens with zero attached hydrogens (tertiary/aromatic N) is 1. The van der Waals surface area contributed by atoms with Crippen LogP contribution in [0.2, 0.25) is 0 Å². The van der Waals surface area contributed by atoms with Gasteiger partial charge in [-0.1, -0.05) is 0 Å². The number of hydrogen-bond donors (Lipinski definition) is 0. The zero-order chi connectivity index (χ0) is 15.7. The van der Waals surface area contributed by atoms with Crippen molar-refractivity contribution in [3.8, 4) is 17.0 Å². The Morgan fingerprint density at radius 2 is 1.52 bits per heavy atom.